The van der Waals surface area contributed by atoms with Gasteiger partial charge in [-0.25, -0.2) is 9.98 Å². The van der Waals surface area contributed by atoms with Crippen molar-refractivity contribution in [3.8, 4) is 5.88 Å². The van der Waals surface area contributed by atoms with Crippen molar-refractivity contribution in [2.24, 2.45) is 16.6 Å². The zero-order valence-electron chi connectivity index (χ0n) is 14.5. The second kappa shape index (κ2) is 8.72. The summed E-state index contributed by atoms with van der Waals surface area (Å²) in [6, 6.07) is 3.89. The number of aromatic nitrogens is 1. The van der Waals surface area contributed by atoms with E-state index in [2.05, 4.69) is 26.7 Å². The van der Waals surface area contributed by atoms with Crippen LogP contribution in [0.4, 0.5) is 0 Å². The first-order valence-corrected chi connectivity index (χ1v) is 8.32. The van der Waals surface area contributed by atoms with Gasteiger partial charge in [0.2, 0.25) is 5.88 Å². The molecule has 6 heteroatoms. The van der Waals surface area contributed by atoms with Gasteiger partial charge in [0.1, 0.15) is 6.61 Å². The largest absolute Gasteiger partial charge is 0.476 e. The fourth-order valence-corrected chi connectivity index (χ4v) is 2.63. The van der Waals surface area contributed by atoms with E-state index in [1.54, 1.807) is 6.20 Å². The summed E-state index contributed by atoms with van der Waals surface area (Å²) in [5.74, 6) is 1.98. The van der Waals surface area contributed by atoms with Gasteiger partial charge >= 0.3 is 0 Å². The number of nitrogens with zero attached hydrogens (tertiary/aromatic N) is 4. The van der Waals surface area contributed by atoms with Crippen molar-refractivity contribution in [3.05, 3.63) is 23.9 Å². The van der Waals surface area contributed by atoms with Crippen LogP contribution < -0.4 is 10.5 Å². The predicted molar refractivity (Wildman–Crippen MR) is 93.6 cm³/mol. The minimum Gasteiger partial charge on any atom is -0.476 e. The number of rotatable bonds is 6. The van der Waals surface area contributed by atoms with Crippen molar-refractivity contribution in [1.29, 1.82) is 0 Å². The lowest BCUT2D eigenvalue weighted by Crippen LogP contribution is -2.43. The van der Waals surface area contributed by atoms with Gasteiger partial charge in [-0.3, -0.25) is 0 Å². The molecule has 23 heavy (non-hydrogen) atoms. The maximum atomic E-state index is 6.13. The van der Waals surface area contributed by atoms with Crippen LogP contribution in [0, 0.1) is 5.92 Å². The van der Waals surface area contributed by atoms with Crippen molar-refractivity contribution < 1.29 is 4.74 Å². The van der Waals surface area contributed by atoms with Crippen molar-refractivity contribution in [3.63, 3.8) is 0 Å². The lowest BCUT2D eigenvalue weighted by molar-refractivity contribution is 0.253. The van der Waals surface area contributed by atoms with E-state index in [0.29, 0.717) is 30.9 Å². The maximum absolute atomic E-state index is 6.13. The molecule has 0 saturated carbocycles. The Morgan fingerprint density at radius 2 is 2.35 bits per heavy atom. The monoisotopic (exact) mass is 319 g/mol. The van der Waals surface area contributed by atoms with Crippen LogP contribution in [0.25, 0.3) is 0 Å². The van der Waals surface area contributed by atoms with E-state index in [-0.39, 0.29) is 0 Å². The normalized spacial score (nSPS) is 19.2. The Hall–Kier alpha value is -1.82. The Bertz CT molecular complexity index is 517. The van der Waals surface area contributed by atoms with Gasteiger partial charge in [0, 0.05) is 31.9 Å². The maximum Gasteiger partial charge on any atom is 0.213 e. The second-order valence-corrected chi connectivity index (χ2v) is 6.52. The molecule has 128 valence electrons. The number of piperidine rings is 1. The molecule has 1 aliphatic heterocycles. The first-order chi connectivity index (χ1) is 11.0. The van der Waals surface area contributed by atoms with Crippen LogP contribution in [0.3, 0.4) is 0 Å². The van der Waals surface area contributed by atoms with Gasteiger partial charge in [-0.2, -0.15) is 0 Å². The number of likely N-dealkylation sites (tertiary alicyclic amines) is 1. The van der Waals surface area contributed by atoms with Gasteiger partial charge < -0.3 is 20.3 Å². The summed E-state index contributed by atoms with van der Waals surface area (Å²) in [6.07, 6.45) is 4.23. The van der Waals surface area contributed by atoms with Crippen molar-refractivity contribution in [2.75, 3.05) is 40.3 Å². The molecule has 2 rings (SSSR count). The number of likely N-dealkylation sites (N-methyl/N-ethyl adjacent to an activating group) is 1. The van der Waals surface area contributed by atoms with E-state index >= 15 is 0 Å². The number of hydrogen-bond acceptors (Lipinski definition) is 4. The molecular weight excluding hydrogens is 290 g/mol. The summed E-state index contributed by atoms with van der Waals surface area (Å²) in [5.41, 5.74) is 7.20. The number of aliphatic imine (C=N–C) groups is 1. The predicted octanol–water partition coefficient (Wildman–Crippen LogP) is 1.57. The molecule has 1 aromatic heterocycles. The van der Waals surface area contributed by atoms with Crippen LogP contribution in [-0.4, -0.2) is 61.1 Å². The fourth-order valence-electron chi connectivity index (χ4n) is 2.63. The molecule has 1 saturated heterocycles. The van der Waals surface area contributed by atoms with Gasteiger partial charge in [-0.05, 0) is 44.5 Å². The van der Waals surface area contributed by atoms with Gasteiger partial charge in [-0.15, -0.1) is 0 Å². The highest BCUT2D eigenvalue weighted by Crippen LogP contribution is 2.15. The van der Waals surface area contributed by atoms with E-state index < -0.39 is 0 Å². The van der Waals surface area contributed by atoms with Crippen molar-refractivity contribution in [2.45, 2.75) is 26.3 Å². The molecule has 2 heterocycles. The van der Waals surface area contributed by atoms with E-state index in [4.69, 9.17) is 10.5 Å². The lowest BCUT2D eigenvalue weighted by atomic mass is 10.0. The number of nitrogens with two attached hydrogens (primary N) is 1. The SMILES string of the molecule is CC1CCCN(C(N)=NCc2ccnc(OCCN(C)C)c2)C1. The topological polar surface area (TPSA) is 67.0 Å². The van der Waals surface area contributed by atoms with Crippen LogP contribution in [0.1, 0.15) is 25.3 Å². The van der Waals surface area contributed by atoms with Gasteiger partial charge in [-0.1, -0.05) is 6.92 Å². The van der Waals surface area contributed by atoms with Crippen molar-refractivity contribution in [1.82, 2.24) is 14.8 Å². The molecule has 1 aliphatic rings. The molecule has 6 nitrogen and oxygen atoms in total. The molecule has 1 atom stereocenters. The Labute approximate surface area is 139 Å². The standard InChI is InChI=1S/C17H29N5O/c1-14-5-4-8-22(13-14)17(18)20-12-15-6-7-19-16(11-15)23-10-9-21(2)3/h6-7,11,14H,4-5,8-10,12-13H2,1-3H3,(H2,18,20). The Balaban J connectivity index is 1.88. The minimum absolute atomic E-state index is 0.559. The lowest BCUT2D eigenvalue weighted by Gasteiger charge is -2.31. The summed E-state index contributed by atoms with van der Waals surface area (Å²) < 4.78 is 5.65. The molecule has 0 aromatic carbocycles. The van der Waals surface area contributed by atoms with Gasteiger partial charge in [0.15, 0.2) is 5.96 Å². The van der Waals surface area contributed by atoms with Gasteiger partial charge in [0.05, 0.1) is 6.54 Å². The summed E-state index contributed by atoms with van der Waals surface area (Å²) in [5, 5.41) is 0. The molecule has 0 bridgehead atoms. The first kappa shape index (κ1) is 17.5. The smallest absolute Gasteiger partial charge is 0.213 e. The highest BCUT2D eigenvalue weighted by molar-refractivity contribution is 5.78. The fraction of sp³-hybridized carbons (Fsp3) is 0.647. The summed E-state index contributed by atoms with van der Waals surface area (Å²) in [7, 11) is 4.04. The summed E-state index contributed by atoms with van der Waals surface area (Å²) in [6.45, 7) is 6.33. The average Bonchev–Trinajstić information content (AvgIpc) is 2.52. The molecule has 0 spiro atoms. The minimum atomic E-state index is 0.559. The van der Waals surface area contributed by atoms with Crippen LogP contribution in [-0.2, 0) is 6.54 Å². The highest BCUT2D eigenvalue weighted by Gasteiger charge is 2.17. The number of ether oxygens (including phenoxy) is 1. The first-order valence-electron chi connectivity index (χ1n) is 8.32. The second-order valence-electron chi connectivity index (χ2n) is 6.52. The zero-order valence-corrected chi connectivity index (χ0v) is 14.5. The number of pyridine rings is 1. The molecule has 2 N–H and O–H groups in total. The third-order valence-corrected chi connectivity index (χ3v) is 3.99. The van der Waals surface area contributed by atoms with Crippen LogP contribution in [0.2, 0.25) is 0 Å². The molecule has 1 aromatic rings. The van der Waals surface area contributed by atoms with Gasteiger partial charge in [0.25, 0.3) is 0 Å². The molecule has 1 fully saturated rings. The van der Waals surface area contributed by atoms with E-state index in [0.717, 1.165) is 25.2 Å². The molecular formula is C17H29N5O. The summed E-state index contributed by atoms with van der Waals surface area (Å²) in [4.78, 5) is 13.0. The third kappa shape index (κ3) is 6.06. The molecule has 0 aliphatic carbocycles. The molecule has 0 radical (unpaired) electrons. The van der Waals surface area contributed by atoms with E-state index in [9.17, 15) is 0 Å². The van der Waals surface area contributed by atoms with Crippen LogP contribution in [0.15, 0.2) is 23.3 Å². The Kier molecular flexibility index (Phi) is 6.65. The molecule has 1 unspecified atom stereocenters. The zero-order chi connectivity index (χ0) is 16.7. The average molecular weight is 319 g/mol. The quantitative estimate of drug-likeness (QED) is 0.637. The number of guanidine groups is 1. The third-order valence-electron chi connectivity index (χ3n) is 3.99. The highest BCUT2D eigenvalue weighted by atomic mass is 16.5. The number of hydrogen-bond donors (Lipinski definition) is 1. The van der Waals surface area contributed by atoms with Crippen LogP contribution in [0.5, 0.6) is 5.88 Å². The van der Waals surface area contributed by atoms with E-state index in [1.165, 1.54) is 12.8 Å². The van der Waals surface area contributed by atoms with E-state index in [1.807, 2.05) is 26.2 Å². The molecule has 0 amide bonds. The Morgan fingerprint density at radius 1 is 1.52 bits per heavy atom. The summed E-state index contributed by atoms with van der Waals surface area (Å²) >= 11 is 0. The van der Waals surface area contributed by atoms with Crippen molar-refractivity contribution >= 4 is 5.96 Å². The van der Waals surface area contributed by atoms with Crippen LogP contribution >= 0.6 is 0 Å². The Morgan fingerprint density at radius 3 is 3.09 bits per heavy atom.